The first-order chi connectivity index (χ1) is 36.6. The summed E-state index contributed by atoms with van der Waals surface area (Å²) in [6.07, 6.45) is 0. The first-order valence-electron chi connectivity index (χ1n) is 25.5. The van der Waals surface area contributed by atoms with Gasteiger partial charge in [-0.3, -0.25) is 0 Å². The van der Waals surface area contributed by atoms with Gasteiger partial charge in [-0.15, -0.1) is 0 Å². The van der Waals surface area contributed by atoms with Crippen LogP contribution in [-0.2, 0) is 0 Å². The molecule has 75 heavy (non-hydrogen) atoms. The van der Waals surface area contributed by atoms with Crippen LogP contribution in [0.5, 0.6) is 0 Å². The van der Waals surface area contributed by atoms with Crippen molar-refractivity contribution < 1.29 is 4.42 Å². The predicted octanol–water partition coefficient (Wildman–Crippen LogP) is 17.6. The second kappa shape index (κ2) is 15.4. The molecule has 0 spiro atoms. The molecule has 0 fully saturated rings. The lowest BCUT2D eigenvalue weighted by Gasteiger charge is -2.28. The Balaban J connectivity index is 1.29. The number of aromatic nitrogens is 4. The van der Waals surface area contributed by atoms with E-state index in [0.29, 0.717) is 11.4 Å². The van der Waals surface area contributed by atoms with Gasteiger partial charge in [0.15, 0.2) is 0 Å². The van der Waals surface area contributed by atoms with Gasteiger partial charge in [-0.1, -0.05) is 106 Å². The summed E-state index contributed by atoms with van der Waals surface area (Å²) in [7, 11) is 0. The molecule has 0 amide bonds. The molecular formula is C68H46N6O. The van der Waals surface area contributed by atoms with E-state index < -0.39 is 0 Å². The van der Waals surface area contributed by atoms with Crippen LogP contribution >= 0.6 is 0 Å². The van der Waals surface area contributed by atoms with Crippen molar-refractivity contribution in [3.05, 3.63) is 214 Å². The fourth-order valence-corrected chi connectivity index (χ4v) is 12.7. The Morgan fingerprint density at radius 1 is 0.280 bits per heavy atom. The summed E-state index contributed by atoms with van der Waals surface area (Å²) in [6, 6.07) is 66.5. The number of aryl methyl sites for hydroxylation is 6. The summed E-state index contributed by atoms with van der Waals surface area (Å²) >= 11 is 0. The number of hydrogen-bond acceptors (Lipinski definition) is 3. The quantitative estimate of drug-likeness (QED) is 0.176. The molecule has 10 aromatic carbocycles. The molecule has 15 aromatic rings. The Bertz CT molecular complexity index is 4990. The van der Waals surface area contributed by atoms with Gasteiger partial charge in [-0.05, 0) is 139 Å². The molecule has 5 aromatic heterocycles. The fourth-order valence-electron chi connectivity index (χ4n) is 12.7. The highest BCUT2D eigenvalue weighted by Crippen LogP contribution is 2.50. The second-order valence-corrected chi connectivity index (χ2v) is 20.8. The SMILES string of the molecule is Cc1ccc2c(c1)c1cc(C)ccc1n2-c1c(C#N)c(C#N)c(-n2c3ccccc3c3cc4oc5ccccc5c4cc32)c(-n2c3ccc(C)cc3c3cc(C)ccc32)c1-n1c2ccc(C)cc2c2cc(C)ccc21. The Kier molecular flexibility index (Phi) is 8.77. The largest absolute Gasteiger partial charge is 0.456 e. The zero-order valence-electron chi connectivity index (χ0n) is 42.3. The number of rotatable bonds is 4. The normalized spacial score (nSPS) is 12.1. The van der Waals surface area contributed by atoms with Gasteiger partial charge in [0.05, 0.1) is 78.0 Å². The van der Waals surface area contributed by atoms with E-state index in [9.17, 15) is 10.5 Å². The first kappa shape index (κ1) is 42.8. The molecule has 0 saturated carbocycles. The molecule has 7 nitrogen and oxygen atoms in total. The molecule has 0 saturated heterocycles. The maximum Gasteiger partial charge on any atom is 0.136 e. The number of hydrogen-bond donors (Lipinski definition) is 0. The number of furan rings is 1. The number of nitrogens with zero attached hydrogens (tertiary/aromatic N) is 6. The monoisotopic (exact) mass is 962 g/mol. The third-order valence-corrected chi connectivity index (χ3v) is 15.9. The summed E-state index contributed by atoms with van der Waals surface area (Å²) in [5.74, 6) is 0. The Hall–Kier alpha value is -9.82. The molecule has 15 rings (SSSR count). The van der Waals surface area contributed by atoms with Crippen LogP contribution in [0, 0.1) is 64.2 Å². The van der Waals surface area contributed by atoms with Gasteiger partial charge in [0.1, 0.15) is 23.3 Å². The van der Waals surface area contributed by atoms with Crippen LogP contribution in [0.15, 0.2) is 174 Å². The van der Waals surface area contributed by atoms with Crippen molar-refractivity contribution >= 4 is 109 Å². The molecule has 0 atom stereocenters. The molecule has 354 valence electrons. The minimum atomic E-state index is 0.266. The number of para-hydroxylation sites is 2. The van der Waals surface area contributed by atoms with E-state index >= 15 is 0 Å². The number of benzene rings is 10. The van der Waals surface area contributed by atoms with E-state index in [0.717, 1.165) is 154 Å². The lowest BCUT2D eigenvalue weighted by Crippen LogP contribution is -2.17. The van der Waals surface area contributed by atoms with E-state index in [1.165, 1.54) is 0 Å². The Labute approximate surface area is 431 Å². The average molecular weight is 963 g/mol. The van der Waals surface area contributed by atoms with Gasteiger partial charge in [-0.2, -0.15) is 10.5 Å². The molecule has 0 aliphatic carbocycles. The topological polar surface area (TPSA) is 80.4 Å². The molecule has 0 unspecified atom stereocenters. The Morgan fingerprint density at radius 2 is 0.600 bits per heavy atom. The summed E-state index contributed by atoms with van der Waals surface area (Å²) in [4.78, 5) is 0. The van der Waals surface area contributed by atoms with E-state index in [2.05, 4.69) is 224 Å². The van der Waals surface area contributed by atoms with E-state index in [-0.39, 0.29) is 11.1 Å². The van der Waals surface area contributed by atoms with Crippen molar-refractivity contribution in [3.8, 4) is 34.9 Å². The highest BCUT2D eigenvalue weighted by atomic mass is 16.3. The van der Waals surface area contributed by atoms with Crippen LogP contribution < -0.4 is 0 Å². The highest BCUT2D eigenvalue weighted by Gasteiger charge is 2.35. The third kappa shape index (κ3) is 5.84. The van der Waals surface area contributed by atoms with Crippen LogP contribution in [0.3, 0.4) is 0 Å². The van der Waals surface area contributed by atoms with Crippen molar-refractivity contribution in [1.82, 2.24) is 18.3 Å². The van der Waals surface area contributed by atoms with Gasteiger partial charge in [-0.25, -0.2) is 0 Å². The first-order valence-corrected chi connectivity index (χ1v) is 25.5. The van der Waals surface area contributed by atoms with Crippen molar-refractivity contribution in [2.45, 2.75) is 41.5 Å². The molecule has 7 heteroatoms. The summed E-state index contributed by atoms with van der Waals surface area (Å²) in [6.45, 7) is 12.9. The number of nitriles is 2. The standard InChI is InChI=1S/C68H46N6O/c1-37-15-21-56-45(27-37)46-28-38(2)16-22-57(46)71(56)65-53(35-69)54(36-70)66(74-55-13-9-7-11-43(55)51-34-64-52(33-62(51)74)44-12-8-10-14-63(44)75-64)68(73-60-25-19-41(5)31-49(60)50-32-42(6)20-26-61(50)73)67(65)72-58-23-17-39(3)29-47(58)48-30-40(4)18-24-59(48)72/h7-34H,1-6H3. The minimum Gasteiger partial charge on any atom is -0.456 e. The van der Waals surface area contributed by atoms with Crippen LogP contribution in [-0.4, -0.2) is 18.3 Å². The van der Waals surface area contributed by atoms with E-state index in [1.807, 2.05) is 18.2 Å². The van der Waals surface area contributed by atoms with Crippen LogP contribution in [0.4, 0.5) is 0 Å². The molecule has 0 radical (unpaired) electrons. The van der Waals surface area contributed by atoms with Gasteiger partial charge in [0, 0.05) is 53.9 Å². The molecule has 0 aliphatic heterocycles. The van der Waals surface area contributed by atoms with Crippen molar-refractivity contribution in [3.63, 3.8) is 0 Å². The van der Waals surface area contributed by atoms with Crippen LogP contribution in [0.25, 0.3) is 132 Å². The maximum atomic E-state index is 12.4. The summed E-state index contributed by atoms with van der Waals surface area (Å²) in [5.41, 5.74) is 19.3. The summed E-state index contributed by atoms with van der Waals surface area (Å²) < 4.78 is 15.9. The maximum absolute atomic E-state index is 12.4. The smallest absolute Gasteiger partial charge is 0.136 e. The molecule has 0 N–H and O–H groups in total. The van der Waals surface area contributed by atoms with E-state index in [4.69, 9.17) is 4.42 Å². The zero-order valence-corrected chi connectivity index (χ0v) is 42.3. The molecule has 5 heterocycles. The molecular weight excluding hydrogens is 917 g/mol. The van der Waals surface area contributed by atoms with E-state index in [1.54, 1.807) is 0 Å². The highest BCUT2D eigenvalue weighted by molar-refractivity contribution is 6.19. The van der Waals surface area contributed by atoms with Gasteiger partial charge in [0.25, 0.3) is 0 Å². The minimum absolute atomic E-state index is 0.266. The van der Waals surface area contributed by atoms with Crippen LogP contribution in [0.2, 0.25) is 0 Å². The lowest BCUT2D eigenvalue weighted by atomic mass is 9.98. The van der Waals surface area contributed by atoms with Gasteiger partial charge in [0.2, 0.25) is 0 Å². The molecule has 0 aliphatic rings. The average Bonchev–Trinajstić information content (AvgIpc) is 4.21. The zero-order chi connectivity index (χ0) is 50.7. The number of fused-ring (bicyclic) bond motifs is 15. The fraction of sp³-hybridized carbons (Fsp3) is 0.0882. The van der Waals surface area contributed by atoms with Crippen molar-refractivity contribution in [1.29, 1.82) is 10.5 Å². The third-order valence-electron chi connectivity index (χ3n) is 15.9. The predicted molar refractivity (Wildman–Crippen MR) is 309 cm³/mol. The Morgan fingerprint density at radius 3 is 1.00 bits per heavy atom. The lowest BCUT2D eigenvalue weighted by molar-refractivity contribution is 0.669. The van der Waals surface area contributed by atoms with Crippen molar-refractivity contribution in [2.75, 3.05) is 0 Å². The van der Waals surface area contributed by atoms with Crippen molar-refractivity contribution in [2.24, 2.45) is 0 Å². The van der Waals surface area contributed by atoms with Crippen LogP contribution in [0.1, 0.15) is 44.5 Å². The van der Waals surface area contributed by atoms with Gasteiger partial charge < -0.3 is 22.7 Å². The second-order valence-electron chi connectivity index (χ2n) is 20.8. The summed E-state index contributed by atoms with van der Waals surface area (Å²) in [5, 5.41) is 35.2. The molecule has 0 bridgehead atoms. The van der Waals surface area contributed by atoms with Gasteiger partial charge >= 0.3 is 0 Å².